The number of aromatic nitrogens is 1. The number of sulfone groups is 1. The Morgan fingerprint density at radius 2 is 2.00 bits per heavy atom. The molecule has 2 amide bonds. The van der Waals surface area contributed by atoms with Crippen LogP contribution in [0.3, 0.4) is 0 Å². The number of hydrogen-bond acceptors (Lipinski definition) is 6. The van der Waals surface area contributed by atoms with E-state index >= 15 is 0 Å². The molecule has 3 N–H and O–H groups in total. The second kappa shape index (κ2) is 9.83. The first-order valence-corrected chi connectivity index (χ1v) is 10.0. The quantitative estimate of drug-likeness (QED) is 0.561. The molecule has 10 heteroatoms. The van der Waals surface area contributed by atoms with Crippen LogP contribution in [0.15, 0.2) is 42.7 Å². The second-order valence-corrected chi connectivity index (χ2v) is 7.87. The molecule has 0 aliphatic heterocycles. The van der Waals surface area contributed by atoms with Crippen molar-refractivity contribution in [2.24, 2.45) is 0 Å². The van der Waals surface area contributed by atoms with Crippen molar-refractivity contribution < 1.29 is 22.3 Å². The van der Waals surface area contributed by atoms with E-state index in [2.05, 4.69) is 20.9 Å². The number of ether oxygens (including phenoxy) is 1. The van der Waals surface area contributed by atoms with Crippen LogP contribution >= 0.6 is 0 Å². The van der Waals surface area contributed by atoms with Crippen LogP contribution < -0.4 is 20.7 Å². The molecule has 1 aromatic heterocycles. The van der Waals surface area contributed by atoms with Crippen LogP contribution in [0.4, 0.5) is 20.6 Å². The van der Waals surface area contributed by atoms with Crippen molar-refractivity contribution in [3.63, 3.8) is 0 Å². The second-order valence-electron chi connectivity index (χ2n) is 5.52. The SMILES string of the molecule is CCS(=O)(=O)CNCCOc1cc(F)cc(NC(=O)Nc2cccnc2)c1. The molecule has 0 saturated carbocycles. The molecule has 0 aliphatic carbocycles. The number of amides is 2. The summed E-state index contributed by atoms with van der Waals surface area (Å²) in [6.45, 7) is 1.99. The van der Waals surface area contributed by atoms with Gasteiger partial charge in [-0.05, 0) is 18.2 Å². The smallest absolute Gasteiger partial charge is 0.323 e. The molecule has 0 spiro atoms. The van der Waals surface area contributed by atoms with Crippen molar-refractivity contribution in [2.75, 3.05) is 35.4 Å². The number of nitrogens with one attached hydrogen (secondary N) is 3. The zero-order chi connectivity index (χ0) is 19.7. The molecule has 1 aromatic carbocycles. The lowest BCUT2D eigenvalue weighted by molar-refractivity contribution is 0.262. The lowest BCUT2D eigenvalue weighted by Crippen LogP contribution is -2.28. The normalized spacial score (nSPS) is 11.0. The summed E-state index contributed by atoms with van der Waals surface area (Å²) in [6, 6.07) is 6.58. The zero-order valence-corrected chi connectivity index (χ0v) is 15.6. The van der Waals surface area contributed by atoms with Crippen LogP contribution in [0.1, 0.15) is 6.92 Å². The van der Waals surface area contributed by atoms with E-state index in [4.69, 9.17) is 4.74 Å². The van der Waals surface area contributed by atoms with E-state index in [1.165, 1.54) is 18.3 Å². The Hall–Kier alpha value is -2.72. The predicted octanol–water partition coefficient (Wildman–Crippen LogP) is 2.23. The summed E-state index contributed by atoms with van der Waals surface area (Å²) in [5.41, 5.74) is 0.712. The fourth-order valence-electron chi connectivity index (χ4n) is 2.02. The third-order valence-corrected chi connectivity index (χ3v) is 4.88. The third-order valence-electron chi connectivity index (χ3n) is 3.36. The van der Waals surface area contributed by atoms with Gasteiger partial charge in [-0.25, -0.2) is 17.6 Å². The molecule has 0 bridgehead atoms. The standard InChI is InChI=1S/C17H21FN4O4S/c1-2-27(24,25)12-20-6-7-26-16-9-13(18)8-15(10-16)22-17(23)21-14-4-3-5-19-11-14/h3-5,8-11,20H,2,6-7,12H2,1H3,(H2,21,22,23). The minimum absolute atomic E-state index is 0.0564. The maximum atomic E-state index is 13.7. The van der Waals surface area contributed by atoms with Crippen LogP contribution in [-0.2, 0) is 9.84 Å². The molecule has 0 radical (unpaired) electrons. The summed E-state index contributed by atoms with van der Waals surface area (Å²) in [5.74, 6) is -0.449. The Morgan fingerprint density at radius 1 is 1.22 bits per heavy atom. The van der Waals surface area contributed by atoms with Crippen molar-refractivity contribution in [1.82, 2.24) is 10.3 Å². The lowest BCUT2D eigenvalue weighted by atomic mass is 10.3. The highest BCUT2D eigenvalue weighted by Crippen LogP contribution is 2.20. The Morgan fingerprint density at radius 3 is 2.70 bits per heavy atom. The highest BCUT2D eigenvalue weighted by atomic mass is 32.2. The molecular weight excluding hydrogens is 375 g/mol. The fourth-order valence-corrected chi connectivity index (χ4v) is 2.68. The maximum absolute atomic E-state index is 13.7. The minimum atomic E-state index is -3.10. The molecule has 0 aliphatic rings. The molecule has 0 atom stereocenters. The topological polar surface area (TPSA) is 109 Å². The molecule has 146 valence electrons. The van der Waals surface area contributed by atoms with Crippen LogP contribution in [-0.4, -0.2) is 44.2 Å². The first-order chi connectivity index (χ1) is 12.9. The van der Waals surface area contributed by atoms with Gasteiger partial charge in [-0.1, -0.05) is 6.92 Å². The van der Waals surface area contributed by atoms with Crippen molar-refractivity contribution in [1.29, 1.82) is 0 Å². The Labute approximate surface area is 157 Å². The number of urea groups is 1. The predicted molar refractivity (Wildman–Crippen MR) is 101 cm³/mol. The number of hydrogen-bond donors (Lipinski definition) is 3. The summed E-state index contributed by atoms with van der Waals surface area (Å²) in [6.07, 6.45) is 3.05. The van der Waals surface area contributed by atoms with E-state index in [-0.39, 0.29) is 36.2 Å². The number of carbonyl (C=O) groups excluding carboxylic acids is 1. The Bertz CT molecular complexity index is 862. The molecule has 2 aromatic rings. The van der Waals surface area contributed by atoms with Gasteiger partial charge < -0.3 is 20.7 Å². The molecule has 2 rings (SSSR count). The van der Waals surface area contributed by atoms with E-state index in [0.717, 1.165) is 6.07 Å². The number of anilines is 2. The molecule has 8 nitrogen and oxygen atoms in total. The van der Waals surface area contributed by atoms with Gasteiger partial charge >= 0.3 is 6.03 Å². The van der Waals surface area contributed by atoms with Gasteiger partial charge in [-0.3, -0.25) is 4.98 Å². The number of carbonyl (C=O) groups is 1. The van der Waals surface area contributed by atoms with Gasteiger partial charge in [0.25, 0.3) is 0 Å². The minimum Gasteiger partial charge on any atom is -0.492 e. The molecular formula is C17H21FN4O4S. The highest BCUT2D eigenvalue weighted by Gasteiger charge is 2.08. The van der Waals surface area contributed by atoms with Gasteiger partial charge in [0, 0.05) is 36.3 Å². The van der Waals surface area contributed by atoms with Crippen molar-refractivity contribution >= 4 is 27.2 Å². The number of pyridine rings is 1. The van der Waals surface area contributed by atoms with Crippen molar-refractivity contribution in [3.8, 4) is 5.75 Å². The number of nitrogens with zero attached hydrogens (tertiary/aromatic N) is 1. The largest absolute Gasteiger partial charge is 0.492 e. The van der Waals surface area contributed by atoms with Gasteiger partial charge in [0.1, 0.15) is 18.2 Å². The van der Waals surface area contributed by atoms with Crippen LogP contribution in [0.25, 0.3) is 0 Å². The number of benzene rings is 1. The summed E-state index contributed by atoms with van der Waals surface area (Å²) in [5, 5.41) is 7.82. The van der Waals surface area contributed by atoms with E-state index in [9.17, 15) is 17.6 Å². The van der Waals surface area contributed by atoms with Crippen LogP contribution in [0.5, 0.6) is 5.75 Å². The molecule has 1 heterocycles. The first kappa shape index (κ1) is 20.6. The van der Waals surface area contributed by atoms with Crippen LogP contribution in [0.2, 0.25) is 0 Å². The van der Waals surface area contributed by atoms with Crippen molar-refractivity contribution in [2.45, 2.75) is 6.92 Å². The lowest BCUT2D eigenvalue weighted by Gasteiger charge is -2.11. The van der Waals surface area contributed by atoms with Crippen molar-refractivity contribution in [3.05, 3.63) is 48.5 Å². The monoisotopic (exact) mass is 396 g/mol. The third kappa shape index (κ3) is 7.59. The number of rotatable bonds is 9. The van der Waals surface area contributed by atoms with Crippen LogP contribution in [0, 0.1) is 5.82 Å². The van der Waals surface area contributed by atoms with E-state index in [0.29, 0.717) is 5.69 Å². The van der Waals surface area contributed by atoms with Gasteiger partial charge in [-0.15, -0.1) is 0 Å². The van der Waals surface area contributed by atoms with E-state index in [1.807, 2.05) is 0 Å². The van der Waals surface area contributed by atoms with Gasteiger partial charge in [-0.2, -0.15) is 0 Å². The number of halogens is 1. The molecule has 0 unspecified atom stereocenters. The maximum Gasteiger partial charge on any atom is 0.323 e. The van der Waals surface area contributed by atoms with Gasteiger partial charge in [0.15, 0.2) is 9.84 Å². The van der Waals surface area contributed by atoms with Gasteiger partial charge in [0.2, 0.25) is 0 Å². The van der Waals surface area contributed by atoms with E-state index < -0.39 is 21.7 Å². The summed E-state index contributed by atoms with van der Waals surface area (Å²) in [4.78, 5) is 15.8. The highest BCUT2D eigenvalue weighted by molar-refractivity contribution is 7.91. The molecule has 0 saturated heterocycles. The summed E-state index contributed by atoms with van der Waals surface area (Å²) in [7, 11) is -3.10. The first-order valence-electron chi connectivity index (χ1n) is 8.20. The molecule has 0 fully saturated rings. The molecule has 27 heavy (non-hydrogen) atoms. The average Bonchev–Trinajstić information content (AvgIpc) is 2.61. The average molecular weight is 396 g/mol. The Balaban J connectivity index is 1.85. The van der Waals surface area contributed by atoms with Gasteiger partial charge in [0.05, 0.1) is 17.8 Å². The Kier molecular flexibility index (Phi) is 7.50. The summed E-state index contributed by atoms with van der Waals surface area (Å²) < 4.78 is 41.8. The summed E-state index contributed by atoms with van der Waals surface area (Å²) >= 11 is 0. The fraction of sp³-hybridized carbons (Fsp3) is 0.294. The van der Waals surface area contributed by atoms with E-state index in [1.54, 1.807) is 25.3 Å². The zero-order valence-electron chi connectivity index (χ0n) is 14.7.